The smallest absolute Gasteiger partial charge is 0.224 e. The molecule has 1 aromatic heterocycles. The number of hydrogen-bond acceptors (Lipinski definition) is 4. The molecule has 0 atom stereocenters. The highest BCUT2D eigenvalue weighted by Crippen LogP contribution is 2.11. The van der Waals surface area contributed by atoms with E-state index in [1.165, 1.54) is 0 Å². The van der Waals surface area contributed by atoms with Gasteiger partial charge >= 0.3 is 0 Å². The minimum atomic E-state index is 0.267. The molecule has 4 nitrogen and oxygen atoms in total. The fraction of sp³-hybridized carbons (Fsp3) is 0.600. The Labute approximate surface area is 94.9 Å². The Morgan fingerprint density at radius 1 is 1.40 bits per heavy atom. The number of unbranched alkanes of at least 4 members (excludes halogenated alkanes) is 2. The lowest BCUT2D eigenvalue weighted by Crippen LogP contribution is -2.19. The summed E-state index contributed by atoms with van der Waals surface area (Å²) in [5, 5.41) is 8.91. The molecule has 1 aromatic rings. The highest BCUT2D eigenvalue weighted by molar-refractivity contribution is 6.28. The van der Waals surface area contributed by atoms with Crippen LogP contribution in [0.5, 0.6) is 0 Å². The first-order valence-corrected chi connectivity index (χ1v) is 5.42. The van der Waals surface area contributed by atoms with Gasteiger partial charge in [-0.15, -0.1) is 0 Å². The summed E-state index contributed by atoms with van der Waals surface area (Å²) >= 11 is 5.69. The fourth-order valence-electron chi connectivity index (χ4n) is 1.29. The second-order valence-corrected chi connectivity index (χ2v) is 3.73. The van der Waals surface area contributed by atoms with E-state index in [0.717, 1.165) is 31.6 Å². The van der Waals surface area contributed by atoms with Gasteiger partial charge in [0.15, 0.2) is 0 Å². The molecule has 0 aliphatic carbocycles. The Morgan fingerprint density at radius 2 is 2.20 bits per heavy atom. The van der Waals surface area contributed by atoms with Crippen molar-refractivity contribution in [3.05, 3.63) is 17.5 Å². The molecule has 0 amide bonds. The maximum Gasteiger partial charge on any atom is 0.224 e. The number of halogens is 1. The van der Waals surface area contributed by atoms with Gasteiger partial charge in [-0.05, 0) is 36.9 Å². The molecule has 0 saturated carbocycles. The molecule has 0 aromatic carbocycles. The molecular formula is C10H16ClN3O. The van der Waals surface area contributed by atoms with Crippen LogP contribution < -0.4 is 4.90 Å². The van der Waals surface area contributed by atoms with Crippen LogP contribution >= 0.6 is 11.6 Å². The predicted octanol–water partition coefficient (Wildman–Crippen LogP) is 1.73. The van der Waals surface area contributed by atoms with Gasteiger partial charge in [0.1, 0.15) is 5.82 Å². The van der Waals surface area contributed by atoms with Gasteiger partial charge in [-0.25, -0.2) is 9.97 Å². The van der Waals surface area contributed by atoms with Crippen molar-refractivity contribution in [1.82, 2.24) is 9.97 Å². The first-order valence-electron chi connectivity index (χ1n) is 5.04. The van der Waals surface area contributed by atoms with Crippen LogP contribution in [0, 0.1) is 0 Å². The van der Waals surface area contributed by atoms with Crippen molar-refractivity contribution in [2.45, 2.75) is 19.3 Å². The summed E-state index contributed by atoms with van der Waals surface area (Å²) in [7, 11) is 1.97. The highest BCUT2D eigenvalue weighted by Gasteiger charge is 2.02. The summed E-state index contributed by atoms with van der Waals surface area (Å²) in [4.78, 5) is 9.96. The van der Waals surface area contributed by atoms with Gasteiger partial charge in [-0.2, -0.15) is 0 Å². The summed E-state index contributed by atoms with van der Waals surface area (Å²) in [5.41, 5.74) is 0. The van der Waals surface area contributed by atoms with E-state index in [9.17, 15) is 0 Å². The molecular weight excluding hydrogens is 214 g/mol. The largest absolute Gasteiger partial charge is 0.396 e. The van der Waals surface area contributed by atoms with E-state index in [1.807, 2.05) is 18.0 Å². The van der Waals surface area contributed by atoms with Crippen LogP contribution in [0.25, 0.3) is 0 Å². The third-order valence-corrected chi connectivity index (χ3v) is 2.34. The Hall–Kier alpha value is -0.870. The zero-order chi connectivity index (χ0) is 11.1. The first kappa shape index (κ1) is 12.2. The number of rotatable bonds is 6. The summed E-state index contributed by atoms with van der Waals surface area (Å²) in [6, 6.07) is 1.83. The Balaban J connectivity index is 2.36. The van der Waals surface area contributed by atoms with Crippen LogP contribution in [-0.2, 0) is 0 Å². The van der Waals surface area contributed by atoms with Crippen LogP contribution in [0.4, 0.5) is 5.82 Å². The van der Waals surface area contributed by atoms with Crippen molar-refractivity contribution in [1.29, 1.82) is 0 Å². The second kappa shape index (κ2) is 6.58. The van der Waals surface area contributed by atoms with E-state index >= 15 is 0 Å². The van der Waals surface area contributed by atoms with E-state index in [0.29, 0.717) is 0 Å². The third-order valence-electron chi connectivity index (χ3n) is 2.15. The molecule has 1 rings (SSSR count). The lowest BCUT2D eigenvalue weighted by molar-refractivity contribution is 0.283. The molecule has 5 heteroatoms. The van der Waals surface area contributed by atoms with Crippen LogP contribution in [0.15, 0.2) is 12.3 Å². The maximum absolute atomic E-state index is 8.63. The molecule has 0 spiro atoms. The van der Waals surface area contributed by atoms with Crippen LogP contribution in [0.1, 0.15) is 19.3 Å². The van der Waals surface area contributed by atoms with Crippen LogP contribution in [0.2, 0.25) is 5.28 Å². The van der Waals surface area contributed by atoms with E-state index in [4.69, 9.17) is 16.7 Å². The number of aromatic nitrogens is 2. The molecule has 0 aliphatic heterocycles. The molecule has 0 unspecified atom stereocenters. The first-order chi connectivity index (χ1) is 7.24. The molecule has 1 heterocycles. The van der Waals surface area contributed by atoms with Gasteiger partial charge in [-0.1, -0.05) is 0 Å². The number of anilines is 1. The van der Waals surface area contributed by atoms with E-state index in [1.54, 1.807) is 6.20 Å². The molecule has 0 radical (unpaired) electrons. The topological polar surface area (TPSA) is 49.2 Å². The lowest BCUT2D eigenvalue weighted by atomic mass is 10.2. The zero-order valence-corrected chi connectivity index (χ0v) is 9.61. The number of nitrogens with zero attached hydrogens (tertiary/aromatic N) is 3. The van der Waals surface area contributed by atoms with Crippen molar-refractivity contribution in [2.24, 2.45) is 0 Å². The number of hydrogen-bond donors (Lipinski definition) is 1. The molecule has 1 N–H and O–H groups in total. The van der Waals surface area contributed by atoms with E-state index in [2.05, 4.69) is 9.97 Å². The number of aliphatic hydroxyl groups is 1. The van der Waals surface area contributed by atoms with Crippen LogP contribution in [-0.4, -0.2) is 35.3 Å². The van der Waals surface area contributed by atoms with Crippen molar-refractivity contribution in [3.8, 4) is 0 Å². The highest BCUT2D eigenvalue weighted by atomic mass is 35.5. The average Bonchev–Trinajstić information content (AvgIpc) is 2.24. The van der Waals surface area contributed by atoms with Gasteiger partial charge in [0, 0.05) is 26.4 Å². The van der Waals surface area contributed by atoms with Gasteiger partial charge in [0.25, 0.3) is 0 Å². The number of aliphatic hydroxyl groups excluding tert-OH is 1. The van der Waals surface area contributed by atoms with Crippen molar-refractivity contribution >= 4 is 17.4 Å². The minimum Gasteiger partial charge on any atom is -0.396 e. The van der Waals surface area contributed by atoms with E-state index in [-0.39, 0.29) is 11.9 Å². The Bertz CT molecular complexity index is 296. The Morgan fingerprint density at radius 3 is 2.87 bits per heavy atom. The quantitative estimate of drug-likeness (QED) is 0.596. The summed E-state index contributed by atoms with van der Waals surface area (Å²) < 4.78 is 0. The fourth-order valence-corrected chi connectivity index (χ4v) is 1.43. The van der Waals surface area contributed by atoms with E-state index < -0.39 is 0 Å². The molecule has 0 fully saturated rings. The normalized spacial score (nSPS) is 10.3. The lowest BCUT2D eigenvalue weighted by Gasteiger charge is -2.17. The van der Waals surface area contributed by atoms with Crippen molar-refractivity contribution in [3.63, 3.8) is 0 Å². The summed E-state index contributed by atoms with van der Waals surface area (Å²) in [5.74, 6) is 0.832. The molecule has 84 valence electrons. The zero-order valence-electron chi connectivity index (χ0n) is 8.86. The molecule has 0 aliphatic rings. The molecule has 0 bridgehead atoms. The SMILES string of the molecule is CN(CCCCCO)c1ccnc(Cl)n1. The average molecular weight is 230 g/mol. The van der Waals surface area contributed by atoms with Gasteiger partial charge in [0.2, 0.25) is 5.28 Å². The van der Waals surface area contributed by atoms with Gasteiger partial charge in [0.05, 0.1) is 0 Å². The predicted molar refractivity (Wildman–Crippen MR) is 61.2 cm³/mol. The molecule has 15 heavy (non-hydrogen) atoms. The minimum absolute atomic E-state index is 0.267. The summed E-state index contributed by atoms with van der Waals surface area (Å²) in [6.45, 7) is 1.18. The van der Waals surface area contributed by atoms with Crippen molar-refractivity contribution in [2.75, 3.05) is 25.1 Å². The second-order valence-electron chi connectivity index (χ2n) is 3.39. The maximum atomic E-state index is 8.63. The van der Waals surface area contributed by atoms with Crippen LogP contribution in [0.3, 0.4) is 0 Å². The Kier molecular flexibility index (Phi) is 5.36. The monoisotopic (exact) mass is 229 g/mol. The third kappa shape index (κ3) is 4.44. The molecule has 0 saturated heterocycles. The summed E-state index contributed by atoms with van der Waals surface area (Å²) in [6.07, 6.45) is 4.57. The standard InChI is InChI=1S/C10H16ClN3O/c1-14(7-3-2-4-8-15)9-5-6-12-10(11)13-9/h5-6,15H,2-4,7-8H2,1H3. The van der Waals surface area contributed by atoms with Crippen molar-refractivity contribution < 1.29 is 5.11 Å². The van der Waals surface area contributed by atoms with Gasteiger partial charge in [-0.3, -0.25) is 0 Å². The van der Waals surface area contributed by atoms with Gasteiger partial charge < -0.3 is 10.0 Å².